The number of hydrogen-bond acceptors (Lipinski definition) is 5. The van der Waals surface area contributed by atoms with Gasteiger partial charge in [0.05, 0.1) is 11.4 Å². The first-order valence-electron chi connectivity index (χ1n) is 7.39. The fourth-order valence-electron chi connectivity index (χ4n) is 2.59. The van der Waals surface area contributed by atoms with Gasteiger partial charge in [-0.3, -0.25) is 14.6 Å². The van der Waals surface area contributed by atoms with Crippen molar-refractivity contribution in [2.75, 3.05) is 13.1 Å². The molecule has 2 amide bonds. The number of ether oxygens (including phenoxy) is 1. The van der Waals surface area contributed by atoms with Gasteiger partial charge in [-0.15, -0.1) is 11.3 Å². The molecule has 0 spiro atoms. The van der Waals surface area contributed by atoms with E-state index in [0.717, 1.165) is 24.3 Å². The van der Waals surface area contributed by atoms with Gasteiger partial charge in [0.15, 0.2) is 0 Å². The smallest absolute Gasteiger partial charge is 0.267 e. The molecule has 0 radical (unpaired) electrons. The molecule has 3 rings (SSSR count). The monoisotopic (exact) mass is 331 g/mol. The number of thiophene rings is 1. The number of likely N-dealkylation sites (tertiary alicyclic amines) is 1. The van der Waals surface area contributed by atoms with Gasteiger partial charge >= 0.3 is 0 Å². The van der Waals surface area contributed by atoms with Crippen molar-refractivity contribution in [3.63, 3.8) is 0 Å². The first-order chi connectivity index (χ1) is 11.1. The predicted octanol–water partition coefficient (Wildman–Crippen LogP) is 1.93. The molecule has 1 saturated heterocycles. The lowest BCUT2D eigenvalue weighted by atomic mass is 10.1. The highest BCUT2D eigenvalue weighted by atomic mass is 32.1. The second kappa shape index (κ2) is 6.78. The Kier molecular flexibility index (Phi) is 4.57. The Bertz CT molecular complexity index is 702. The van der Waals surface area contributed by atoms with Gasteiger partial charge in [0, 0.05) is 18.8 Å². The van der Waals surface area contributed by atoms with Crippen molar-refractivity contribution in [2.45, 2.75) is 18.9 Å². The first-order valence-corrected chi connectivity index (χ1v) is 8.27. The molecular formula is C16H17N3O3S. The van der Waals surface area contributed by atoms with Gasteiger partial charge < -0.3 is 15.4 Å². The largest absolute Gasteiger partial charge is 0.488 e. The van der Waals surface area contributed by atoms with Crippen LogP contribution in [0, 0.1) is 0 Å². The lowest BCUT2D eigenvalue weighted by molar-refractivity contribution is 0.0542. The van der Waals surface area contributed by atoms with Crippen molar-refractivity contribution in [1.29, 1.82) is 0 Å². The minimum absolute atomic E-state index is 0.0425. The minimum Gasteiger partial charge on any atom is -0.488 e. The molecule has 2 aromatic heterocycles. The molecule has 1 fully saturated rings. The standard InChI is InChI=1S/C16H17N3O3S/c17-15(20)13-9-11(5-6-18-13)22-12-3-1-7-19(10-12)16(21)14-4-2-8-23-14/h2,4-6,8-9,12H,1,3,7,10H2,(H2,17,20). The van der Waals surface area contributed by atoms with Crippen molar-refractivity contribution < 1.29 is 14.3 Å². The Labute approximate surface area is 137 Å². The maximum Gasteiger partial charge on any atom is 0.267 e. The van der Waals surface area contributed by atoms with Crippen LogP contribution in [0.4, 0.5) is 0 Å². The summed E-state index contributed by atoms with van der Waals surface area (Å²) < 4.78 is 5.91. The average molecular weight is 331 g/mol. The number of nitrogens with two attached hydrogens (primary N) is 1. The van der Waals surface area contributed by atoms with E-state index < -0.39 is 5.91 Å². The van der Waals surface area contributed by atoms with Crippen LogP contribution in [0.25, 0.3) is 0 Å². The maximum absolute atomic E-state index is 12.4. The lowest BCUT2D eigenvalue weighted by Crippen LogP contribution is -2.44. The van der Waals surface area contributed by atoms with Gasteiger partial charge in [0.2, 0.25) is 0 Å². The number of carbonyl (C=O) groups excluding carboxylic acids is 2. The lowest BCUT2D eigenvalue weighted by Gasteiger charge is -2.32. The zero-order valence-electron chi connectivity index (χ0n) is 12.5. The molecule has 0 saturated carbocycles. The van der Waals surface area contributed by atoms with Crippen molar-refractivity contribution in [3.05, 3.63) is 46.4 Å². The molecule has 120 valence electrons. The number of pyridine rings is 1. The van der Waals surface area contributed by atoms with Gasteiger partial charge in [-0.1, -0.05) is 6.07 Å². The van der Waals surface area contributed by atoms with Crippen molar-refractivity contribution >= 4 is 23.2 Å². The molecule has 2 aromatic rings. The van der Waals surface area contributed by atoms with E-state index in [9.17, 15) is 9.59 Å². The van der Waals surface area contributed by atoms with Crippen LogP contribution in [0.5, 0.6) is 5.75 Å². The number of hydrogen-bond donors (Lipinski definition) is 1. The van der Waals surface area contributed by atoms with Crippen molar-refractivity contribution in [1.82, 2.24) is 9.88 Å². The number of primary amides is 1. The minimum atomic E-state index is -0.589. The number of aromatic nitrogens is 1. The molecule has 1 aliphatic rings. The summed E-state index contributed by atoms with van der Waals surface area (Å²) in [6.07, 6.45) is 3.14. The Hall–Kier alpha value is -2.41. The Morgan fingerprint density at radius 1 is 1.39 bits per heavy atom. The summed E-state index contributed by atoms with van der Waals surface area (Å²) in [5, 5.41) is 1.90. The quantitative estimate of drug-likeness (QED) is 0.927. The maximum atomic E-state index is 12.4. The van der Waals surface area contributed by atoms with Gasteiger partial charge in [0.25, 0.3) is 11.8 Å². The highest BCUT2D eigenvalue weighted by Gasteiger charge is 2.26. The van der Waals surface area contributed by atoms with Crippen LogP contribution in [0.15, 0.2) is 35.8 Å². The molecule has 7 heteroatoms. The van der Waals surface area contributed by atoms with Crippen LogP contribution < -0.4 is 10.5 Å². The van der Waals surface area contributed by atoms with Crippen LogP contribution in [0.3, 0.4) is 0 Å². The molecular weight excluding hydrogens is 314 g/mol. The van der Waals surface area contributed by atoms with Crippen LogP contribution in [0.1, 0.15) is 33.0 Å². The van der Waals surface area contributed by atoms with E-state index >= 15 is 0 Å². The molecule has 1 unspecified atom stereocenters. The van der Waals surface area contributed by atoms with Crippen molar-refractivity contribution in [3.8, 4) is 5.75 Å². The Morgan fingerprint density at radius 2 is 2.26 bits per heavy atom. The summed E-state index contributed by atoms with van der Waals surface area (Å²) in [7, 11) is 0. The summed E-state index contributed by atoms with van der Waals surface area (Å²) in [5.74, 6) is -0.00123. The second-order valence-corrected chi connectivity index (χ2v) is 6.30. The van der Waals surface area contributed by atoms with E-state index in [0.29, 0.717) is 12.3 Å². The van der Waals surface area contributed by atoms with Crippen molar-refractivity contribution in [2.24, 2.45) is 5.73 Å². The van der Waals surface area contributed by atoms with Gasteiger partial charge in [-0.25, -0.2) is 0 Å². The highest BCUT2D eigenvalue weighted by molar-refractivity contribution is 7.12. The van der Waals surface area contributed by atoms with Crippen LogP contribution in [-0.2, 0) is 0 Å². The molecule has 1 atom stereocenters. The topological polar surface area (TPSA) is 85.5 Å². The van der Waals surface area contributed by atoms with Gasteiger partial charge in [-0.05, 0) is 30.4 Å². The summed E-state index contributed by atoms with van der Waals surface area (Å²) in [5.41, 5.74) is 5.39. The first kappa shape index (κ1) is 15.5. The van der Waals surface area contributed by atoms with E-state index in [1.807, 2.05) is 22.4 Å². The molecule has 0 bridgehead atoms. The number of piperidine rings is 1. The van der Waals surface area contributed by atoms with Crippen LogP contribution >= 0.6 is 11.3 Å². The SMILES string of the molecule is NC(=O)c1cc(OC2CCCN(C(=O)c3cccs3)C2)ccn1. The Balaban J connectivity index is 1.66. The molecule has 1 aliphatic heterocycles. The van der Waals surface area contributed by atoms with Crippen LogP contribution in [0.2, 0.25) is 0 Å². The predicted molar refractivity (Wildman–Crippen MR) is 86.6 cm³/mol. The molecule has 2 N–H and O–H groups in total. The molecule has 0 aromatic carbocycles. The third-order valence-electron chi connectivity index (χ3n) is 3.68. The molecule has 0 aliphatic carbocycles. The normalized spacial score (nSPS) is 17.7. The van der Waals surface area contributed by atoms with E-state index in [4.69, 9.17) is 10.5 Å². The number of nitrogens with zero attached hydrogens (tertiary/aromatic N) is 2. The molecule has 23 heavy (non-hydrogen) atoms. The van der Waals surface area contributed by atoms with E-state index in [-0.39, 0.29) is 17.7 Å². The van der Waals surface area contributed by atoms with Gasteiger partial charge in [0.1, 0.15) is 17.5 Å². The summed E-state index contributed by atoms with van der Waals surface area (Å²) in [6, 6.07) is 6.92. The second-order valence-electron chi connectivity index (χ2n) is 5.35. The van der Waals surface area contributed by atoms with E-state index in [1.54, 1.807) is 6.07 Å². The Morgan fingerprint density at radius 3 is 3.00 bits per heavy atom. The van der Waals surface area contributed by atoms with E-state index in [1.165, 1.54) is 23.6 Å². The zero-order chi connectivity index (χ0) is 16.2. The van der Waals surface area contributed by atoms with E-state index in [2.05, 4.69) is 4.98 Å². The van der Waals surface area contributed by atoms with Crippen LogP contribution in [-0.4, -0.2) is 40.9 Å². The number of amides is 2. The third-order valence-corrected chi connectivity index (χ3v) is 4.54. The molecule has 3 heterocycles. The summed E-state index contributed by atoms with van der Waals surface area (Å²) >= 11 is 1.44. The van der Waals surface area contributed by atoms with Gasteiger partial charge in [-0.2, -0.15) is 0 Å². The zero-order valence-corrected chi connectivity index (χ0v) is 13.3. The molecule has 6 nitrogen and oxygen atoms in total. The summed E-state index contributed by atoms with van der Waals surface area (Å²) in [4.78, 5) is 30.0. The number of carbonyl (C=O) groups is 2. The fraction of sp³-hybridized carbons (Fsp3) is 0.312. The average Bonchev–Trinajstić information content (AvgIpc) is 3.09. The fourth-order valence-corrected chi connectivity index (χ4v) is 3.28. The third kappa shape index (κ3) is 3.68. The highest BCUT2D eigenvalue weighted by Crippen LogP contribution is 2.21. The summed E-state index contributed by atoms with van der Waals surface area (Å²) in [6.45, 7) is 1.27. The number of rotatable bonds is 4.